The van der Waals surface area contributed by atoms with E-state index in [9.17, 15) is 14.0 Å². The molecule has 1 aromatic heterocycles. The number of benzene rings is 3. The number of carbonyl (C=O) groups is 2. The van der Waals surface area contributed by atoms with Gasteiger partial charge in [-0.2, -0.15) is 0 Å². The molecule has 43 heavy (non-hydrogen) atoms. The molecule has 0 saturated heterocycles. The number of halogens is 2. The van der Waals surface area contributed by atoms with E-state index in [1.807, 2.05) is 6.07 Å². The minimum Gasteiger partial charge on any atom is -0.453 e. The molecule has 3 amide bonds. The average molecular weight is 605 g/mol. The van der Waals surface area contributed by atoms with Crippen LogP contribution >= 0.6 is 11.8 Å². The van der Waals surface area contributed by atoms with Crippen molar-refractivity contribution < 1.29 is 27.8 Å². The van der Waals surface area contributed by atoms with E-state index >= 15 is 4.39 Å². The Bertz CT molecular complexity index is 1600. The fourth-order valence-corrected chi connectivity index (χ4v) is 5.89. The van der Waals surface area contributed by atoms with E-state index in [-0.39, 0.29) is 23.1 Å². The molecule has 0 radical (unpaired) electrons. The van der Waals surface area contributed by atoms with E-state index in [1.54, 1.807) is 31.1 Å². The molecule has 3 N–H and O–H groups in total. The van der Waals surface area contributed by atoms with Gasteiger partial charge in [-0.25, -0.2) is 13.6 Å². The molecule has 8 nitrogen and oxygen atoms in total. The van der Waals surface area contributed by atoms with E-state index in [2.05, 4.69) is 39.1 Å². The lowest BCUT2D eigenvalue weighted by Crippen LogP contribution is -2.35. The maximum Gasteiger partial charge on any atom is 0.325 e. The quantitative estimate of drug-likeness (QED) is 0.176. The van der Waals surface area contributed by atoms with Gasteiger partial charge in [-0.15, -0.1) is 11.8 Å². The summed E-state index contributed by atoms with van der Waals surface area (Å²) in [6.07, 6.45) is 2.26. The average Bonchev–Trinajstić information content (AvgIpc) is 3.44. The van der Waals surface area contributed by atoms with Crippen LogP contribution in [0.25, 0.3) is 0 Å². The molecular weight excluding hydrogens is 574 g/mol. The molecule has 0 fully saturated rings. The number of nitrogens with zero attached hydrogens (tertiary/aromatic N) is 1. The molecule has 3 aromatic carbocycles. The van der Waals surface area contributed by atoms with Gasteiger partial charge in [0.1, 0.15) is 11.6 Å². The van der Waals surface area contributed by atoms with Crippen LogP contribution in [0.5, 0.6) is 11.5 Å². The summed E-state index contributed by atoms with van der Waals surface area (Å²) in [4.78, 5) is 29.8. The molecule has 222 valence electrons. The summed E-state index contributed by atoms with van der Waals surface area (Å²) in [6.45, 7) is 2.17. The normalized spacial score (nSPS) is 13.8. The molecular formula is C32H30F2N4O4S. The fourth-order valence-electron chi connectivity index (χ4n) is 4.58. The number of hydrogen-bond donors (Lipinski definition) is 3. The third kappa shape index (κ3) is 8.16. The summed E-state index contributed by atoms with van der Waals surface area (Å²) in [7, 11) is 1.68. The highest BCUT2D eigenvalue weighted by molar-refractivity contribution is 8.00. The number of urea groups is 1. The molecule has 1 unspecified atom stereocenters. The zero-order valence-corrected chi connectivity index (χ0v) is 24.2. The van der Waals surface area contributed by atoms with Crippen LogP contribution in [0.15, 0.2) is 83.9 Å². The van der Waals surface area contributed by atoms with Crippen LogP contribution in [0.4, 0.5) is 19.3 Å². The van der Waals surface area contributed by atoms with Crippen molar-refractivity contribution in [2.75, 3.05) is 25.6 Å². The second-order valence-corrected chi connectivity index (χ2v) is 11.1. The molecule has 0 spiro atoms. The first-order valence-electron chi connectivity index (χ1n) is 13.6. The van der Waals surface area contributed by atoms with E-state index < -0.39 is 23.6 Å². The Balaban J connectivity index is 1.19. The molecule has 0 saturated carbocycles. The Morgan fingerprint density at radius 2 is 1.84 bits per heavy atom. The summed E-state index contributed by atoms with van der Waals surface area (Å²) >= 11 is 1.63. The third-order valence-electron chi connectivity index (χ3n) is 6.66. The van der Waals surface area contributed by atoms with Crippen LogP contribution in [0.2, 0.25) is 0 Å². The van der Waals surface area contributed by atoms with Crippen molar-refractivity contribution in [2.45, 2.75) is 29.5 Å². The highest BCUT2D eigenvalue weighted by Gasteiger charge is 2.28. The van der Waals surface area contributed by atoms with Crippen molar-refractivity contribution in [3.8, 4) is 11.5 Å². The van der Waals surface area contributed by atoms with Crippen molar-refractivity contribution in [1.82, 2.24) is 15.6 Å². The molecule has 1 atom stereocenters. The van der Waals surface area contributed by atoms with Crippen molar-refractivity contribution >= 4 is 29.4 Å². The van der Waals surface area contributed by atoms with Crippen LogP contribution in [0.1, 0.15) is 27.6 Å². The SMILES string of the molecule is COCCNCc1cccc(C2Cc3nccc(Oc4ccc(NC(=O)NC(=O)Cc5ccc(F)cc5)cc4F)c3S2)c1. The van der Waals surface area contributed by atoms with Crippen molar-refractivity contribution in [1.29, 1.82) is 0 Å². The fraction of sp³-hybridized carbons (Fsp3) is 0.219. The first-order valence-corrected chi connectivity index (χ1v) is 14.5. The number of pyridine rings is 1. The Morgan fingerprint density at radius 1 is 1.00 bits per heavy atom. The highest BCUT2D eigenvalue weighted by atomic mass is 32.2. The Kier molecular flexibility index (Phi) is 9.98. The summed E-state index contributed by atoms with van der Waals surface area (Å²) in [5.74, 6) is -1.21. The number of thioether (sulfide) groups is 1. The number of amides is 3. The highest BCUT2D eigenvalue weighted by Crippen LogP contribution is 2.50. The van der Waals surface area contributed by atoms with Crippen molar-refractivity contribution in [2.24, 2.45) is 0 Å². The van der Waals surface area contributed by atoms with Crippen LogP contribution < -0.4 is 20.7 Å². The number of anilines is 1. The number of nitrogens with one attached hydrogen (secondary N) is 3. The molecule has 1 aliphatic heterocycles. The van der Waals surface area contributed by atoms with E-state index in [0.29, 0.717) is 17.9 Å². The first-order chi connectivity index (χ1) is 20.9. The monoisotopic (exact) mass is 604 g/mol. The van der Waals surface area contributed by atoms with E-state index in [0.717, 1.165) is 36.2 Å². The lowest BCUT2D eigenvalue weighted by atomic mass is 10.0. The van der Waals surface area contributed by atoms with Crippen LogP contribution in [0, 0.1) is 11.6 Å². The minimum atomic E-state index is -0.815. The molecule has 0 aliphatic carbocycles. The largest absolute Gasteiger partial charge is 0.453 e. The van der Waals surface area contributed by atoms with Crippen LogP contribution in [-0.2, 0) is 28.9 Å². The van der Waals surface area contributed by atoms with Crippen molar-refractivity contribution in [3.05, 3.63) is 113 Å². The Hall–Kier alpha value is -4.32. The van der Waals surface area contributed by atoms with Gasteiger partial charge in [0.15, 0.2) is 11.6 Å². The lowest BCUT2D eigenvalue weighted by Gasteiger charge is -2.13. The van der Waals surface area contributed by atoms with Gasteiger partial charge < -0.3 is 20.1 Å². The molecule has 0 bridgehead atoms. The maximum atomic E-state index is 15.0. The standard InChI is InChI=1S/C32H30F2N4O4S/c1-41-14-13-35-19-21-3-2-4-22(15-21)29-18-26-31(43-29)28(11-12-36-26)42-27-10-9-24(17-25(27)34)37-32(40)38-30(39)16-20-5-7-23(33)8-6-20/h2-12,15,17,29,35H,13-14,16,18-19H2,1H3,(H2,37,38,39,40). The van der Waals surface area contributed by atoms with Gasteiger partial charge in [0.2, 0.25) is 5.91 Å². The van der Waals surface area contributed by atoms with Crippen LogP contribution in [-0.4, -0.2) is 37.2 Å². The predicted molar refractivity (Wildman–Crippen MR) is 160 cm³/mol. The Labute approximate surface area is 252 Å². The minimum absolute atomic E-state index is 0.0140. The zero-order valence-electron chi connectivity index (χ0n) is 23.4. The number of ether oxygens (including phenoxy) is 2. The third-order valence-corrected chi connectivity index (χ3v) is 8.05. The number of imide groups is 1. The number of aromatic nitrogens is 1. The second-order valence-electron chi connectivity index (χ2n) is 9.86. The van der Waals surface area contributed by atoms with Gasteiger partial charge in [0, 0.05) is 55.9 Å². The van der Waals surface area contributed by atoms with E-state index in [1.165, 1.54) is 47.5 Å². The summed E-state index contributed by atoms with van der Waals surface area (Å²) in [5.41, 5.74) is 3.93. The molecule has 5 rings (SSSR count). The van der Waals surface area contributed by atoms with Gasteiger partial charge in [-0.05, 0) is 41.0 Å². The number of hydrogen-bond acceptors (Lipinski definition) is 7. The number of rotatable bonds is 11. The van der Waals surface area contributed by atoms with Gasteiger partial charge in [0.05, 0.1) is 23.6 Å². The molecule has 11 heteroatoms. The number of carbonyl (C=O) groups excluding carboxylic acids is 2. The topological polar surface area (TPSA) is 102 Å². The van der Waals surface area contributed by atoms with Gasteiger partial charge >= 0.3 is 6.03 Å². The van der Waals surface area contributed by atoms with Gasteiger partial charge in [0.25, 0.3) is 0 Å². The van der Waals surface area contributed by atoms with Crippen LogP contribution in [0.3, 0.4) is 0 Å². The summed E-state index contributed by atoms with van der Waals surface area (Å²) in [5, 5.41) is 8.12. The zero-order chi connectivity index (χ0) is 30.2. The van der Waals surface area contributed by atoms with E-state index in [4.69, 9.17) is 9.47 Å². The maximum absolute atomic E-state index is 15.0. The number of fused-ring (bicyclic) bond motifs is 1. The molecule has 2 heterocycles. The second kappa shape index (κ2) is 14.2. The molecule has 4 aromatic rings. The molecule has 1 aliphatic rings. The van der Waals surface area contributed by atoms with Gasteiger partial charge in [-0.3, -0.25) is 15.1 Å². The first kappa shape index (κ1) is 30.1. The summed E-state index contributed by atoms with van der Waals surface area (Å²) in [6, 6.07) is 18.7. The smallest absolute Gasteiger partial charge is 0.325 e. The van der Waals surface area contributed by atoms with Crippen molar-refractivity contribution in [3.63, 3.8) is 0 Å². The predicted octanol–water partition coefficient (Wildman–Crippen LogP) is 6.17. The summed E-state index contributed by atoms with van der Waals surface area (Å²) < 4.78 is 39.1. The lowest BCUT2D eigenvalue weighted by molar-refractivity contribution is -0.119. The number of methoxy groups -OCH3 is 1. The van der Waals surface area contributed by atoms with Gasteiger partial charge in [-0.1, -0.05) is 36.4 Å². The Morgan fingerprint density at radius 3 is 2.63 bits per heavy atom.